The molecule has 2 aliphatic rings. The Morgan fingerprint density at radius 1 is 0.935 bits per heavy atom. The van der Waals surface area contributed by atoms with Crippen molar-refractivity contribution >= 4 is 27.7 Å². The van der Waals surface area contributed by atoms with Crippen molar-refractivity contribution in [3.8, 4) is 5.75 Å². The van der Waals surface area contributed by atoms with E-state index in [0.29, 0.717) is 25.2 Å². The molecule has 0 saturated carbocycles. The number of amides is 2. The van der Waals surface area contributed by atoms with Gasteiger partial charge in [-0.2, -0.15) is 0 Å². The zero-order valence-electron chi connectivity index (χ0n) is 18.1. The van der Waals surface area contributed by atoms with Crippen LogP contribution >= 0.6 is 15.9 Å². The summed E-state index contributed by atoms with van der Waals surface area (Å²) in [6, 6.07) is 13.2. The molecule has 4 rings (SSSR count). The molecule has 31 heavy (non-hydrogen) atoms. The minimum Gasteiger partial charge on any atom is -0.490 e. The van der Waals surface area contributed by atoms with E-state index >= 15 is 0 Å². The van der Waals surface area contributed by atoms with Gasteiger partial charge in [0.2, 0.25) is 5.91 Å². The van der Waals surface area contributed by atoms with Crippen molar-refractivity contribution in [3.05, 3.63) is 63.6 Å². The Morgan fingerprint density at radius 3 is 2.23 bits per heavy atom. The van der Waals surface area contributed by atoms with Crippen LogP contribution in [0.2, 0.25) is 0 Å². The average Bonchev–Trinajstić information content (AvgIpc) is 3.26. The lowest BCUT2D eigenvalue weighted by Gasteiger charge is -2.36. The van der Waals surface area contributed by atoms with Gasteiger partial charge in [0, 0.05) is 42.5 Å². The number of piperidine rings is 1. The summed E-state index contributed by atoms with van der Waals surface area (Å²) in [5.41, 5.74) is 2.92. The fourth-order valence-corrected chi connectivity index (χ4v) is 4.85. The van der Waals surface area contributed by atoms with Gasteiger partial charge in [-0.05, 0) is 62.1 Å². The van der Waals surface area contributed by atoms with Gasteiger partial charge in [0.1, 0.15) is 17.9 Å². The third-order valence-corrected chi connectivity index (χ3v) is 6.87. The van der Waals surface area contributed by atoms with E-state index in [4.69, 9.17) is 4.74 Å². The molecule has 2 aromatic rings. The van der Waals surface area contributed by atoms with Crippen LogP contribution in [0.3, 0.4) is 0 Å². The number of rotatable bonds is 4. The minimum absolute atomic E-state index is 0.0587. The molecule has 2 aliphatic heterocycles. The quantitative estimate of drug-likeness (QED) is 0.629. The summed E-state index contributed by atoms with van der Waals surface area (Å²) in [6.45, 7) is 6.12. The van der Waals surface area contributed by atoms with Crippen LogP contribution in [0.4, 0.5) is 0 Å². The first-order valence-electron chi connectivity index (χ1n) is 11.0. The molecule has 0 bridgehead atoms. The number of likely N-dealkylation sites (tertiary alicyclic amines) is 2. The number of carbonyl (C=O) groups excluding carboxylic acids is 2. The summed E-state index contributed by atoms with van der Waals surface area (Å²) in [5.74, 6) is 0.986. The van der Waals surface area contributed by atoms with Gasteiger partial charge in [-0.25, -0.2) is 0 Å². The van der Waals surface area contributed by atoms with Crippen molar-refractivity contribution in [2.24, 2.45) is 0 Å². The molecular formula is C25H29BrN2O3. The zero-order valence-corrected chi connectivity index (χ0v) is 19.7. The van der Waals surface area contributed by atoms with Crippen LogP contribution in [0.1, 0.15) is 47.2 Å². The Hall–Kier alpha value is -2.34. The lowest BCUT2D eigenvalue weighted by molar-refractivity contribution is -0.137. The van der Waals surface area contributed by atoms with Crippen LogP contribution in [0.5, 0.6) is 5.75 Å². The van der Waals surface area contributed by atoms with E-state index in [0.717, 1.165) is 47.0 Å². The number of hydrogen-bond donors (Lipinski definition) is 0. The number of hydrogen-bond acceptors (Lipinski definition) is 3. The SMILES string of the molecule is Cc1cccc(C)c1OC1CCN(C(=O)C2CCCN2C(=O)c2ccc(Br)cc2)CC1. The van der Waals surface area contributed by atoms with Gasteiger partial charge in [0.15, 0.2) is 0 Å². The number of aryl methyl sites for hydroxylation is 2. The maximum Gasteiger partial charge on any atom is 0.254 e. The first-order valence-corrected chi connectivity index (χ1v) is 11.8. The Morgan fingerprint density at radius 2 is 1.58 bits per heavy atom. The van der Waals surface area contributed by atoms with Gasteiger partial charge < -0.3 is 14.5 Å². The fourth-order valence-electron chi connectivity index (χ4n) is 4.58. The summed E-state index contributed by atoms with van der Waals surface area (Å²) >= 11 is 3.40. The molecule has 164 valence electrons. The Labute approximate surface area is 192 Å². The smallest absolute Gasteiger partial charge is 0.254 e. The van der Waals surface area contributed by atoms with E-state index in [2.05, 4.69) is 41.9 Å². The van der Waals surface area contributed by atoms with E-state index in [9.17, 15) is 9.59 Å². The van der Waals surface area contributed by atoms with Gasteiger partial charge in [-0.3, -0.25) is 9.59 Å². The van der Waals surface area contributed by atoms with Crippen LogP contribution in [-0.4, -0.2) is 53.4 Å². The maximum atomic E-state index is 13.3. The summed E-state index contributed by atoms with van der Waals surface area (Å²) in [6.07, 6.45) is 3.35. The minimum atomic E-state index is -0.354. The third-order valence-electron chi connectivity index (χ3n) is 6.34. The predicted octanol–water partition coefficient (Wildman–Crippen LogP) is 4.74. The van der Waals surface area contributed by atoms with Crippen molar-refractivity contribution in [1.29, 1.82) is 0 Å². The van der Waals surface area contributed by atoms with E-state index in [1.165, 1.54) is 0 Å². The van der Waals surface area contributed by atoms with Crippen molar-refractivity contribution < 1.29 is 14.3 Å². The van der Waals surface area contributed by atoms with Crippen LogP contribution in [0.15, 0.2) is 46.9 Å². The van der Waals surface area contributed by atoms with Gasteiger partial charge in [0.25, 0.3) is 5.91 Å². The van der Waals surface area contributed by atoms with Gasteiger partial charge in [-0.1, -0.05) is 34.1 Å². The number of halogens is 1. The highest BCUT2D eigenvalue weighted by Crippen LogP contribution is 2.28. The van der Waals surface area contributed by atoms with Crippen LogP contribution < -0.4 is 4.74 Å². The second-order valence-electron chi connectivity index (χ2n) is 8.53. The first-order chi connectivity index (χ1) is 14.9. The van der Waals surface area contributed by atoms with E-state index in [-0.39, 0.29) is 24.0 Å². The largest absolute Gasteiger partial charge is 0.490 e. The van der Waals surface area contributed by atoms with Gasteiger partial charge in [0.05, 0.1) is 0 Å². The van der Waals surface area contributed by atoms with Crippen LogP contribution in [0, 0.1) is 13.8 Å². The van der Waals surface area contributed by atoms with E-state index in [1.807, 2.05) is 35.2 Å². The average molecular weight is 485 g/mol. The number of para-hydroxylation sites is 1. The molecule has 2 saturated heterocycles. The van der Waals surface area contributed by atoms with E-state index in [1.54, 1.807) is 4.90 Å². The monoisotopic (exact) mass is 484 g/mol. The fraction of sp³-hybridized carbons (Fsp3) is 0.440. The number of ether oxygens (including phenoxy) is 1. The molecule has 5 nitrogen and oxygen atoms in total. The summed E-state index contributed by atoms with van der Waals surface area (Å²) in [4.78, 5) is 29.9. The van der Waals surface area contributed by atoms with E-state index < -0.39 is 0 Å². The second kappa shape index (κ2) is 9.43. The lowest BCUT2D eigenvalue weighted by Crippen LogP contribution is -2.51. The molecule has 1 unspecified atom stereocenters. The topological polar surface area (TPSA) is 49.9 Å². The first kappa shape index (κ1) is 21.9. The van der Waals surface area contributed by atoms with Gasteiger partial charge in [-0.15, -0.1) is 0 Å². The molecule has 2 aromatic carbocycles. The maximum absolute atomic E-state index is 13.3. The molecule has 6 heteroatoms. The van der Waals surface area contributed by atoms with Crippen LogP contribution in [0.25, 0.3) is 0 Å². The number of benzene rings is 2. The highest BCUT2D eigenvalue weighted by molar-refractivity contribution is 9.10. The predicted molar refractivity (Wildman–Crippen MR) is 124 cm³/mol. The van der Waals surface area contributed by atoms with Crippen molar-refractivity contribution in [1.82, 2.24) is 9.80 Å². The Bertz CT molecular complexity index is 931. The molecule has 0 aromatic heterocycles. The molecular weight excluding hydrogens is 456 g/mol. The highest BCUT2D eigenvalue weighted by Gasteiger charge is 2.38. The van der Waals surface area contributed by atoms with Crippen molar-refractivity contribution in [2.75, 3.05) is 19.6 Å². The normalized spacial score (nSPS) is 19.5. The standard InChI is InChI=1S/C25H29BrN2O3/c1-17-5-3-6-18(2)23(17)31-21-12-15-27(16-13-21)25(30)22-7-4-14-28(22)24(29)19-8-10-20(26)11-9-19/h3,5-6,8-11,21-22H,4,7,12-16H2,1-2H3. The molecule has 1 atom stereocenters. The van der Waals surface area contributed by atoms with Crippen molar-refractivity contribution in [3.63, 3.8) is 0 Å². The molecule has 0 radical (unpaired) electrons. The van der Waals surface area contributed by atoms with Crippen molar-refractivity contribution in [2.45, 2.75) is 51.7 Å². The molecule has 0 aliphatic carbocycles. The number of carbonyl (C=O) groups is 2. The second-order valence-corrected chi connectivity index (χ2v) is 9.44. The summed E-state index contributed by atoms with van der Waals surface area (Å²) in [7, 11) is 0. The lowest BCUT2D eigenvalue weighted by atomic mass is 10.0. The molecule has 0 N–H and O–H groups in total. The Kier molecular flexibility index (Phi) is 6.65. The summed E-state index contributed by atoms with van der Waals surface area (Å²) < 4.78 is 7.23. The van der Waals surface area contributed by atoms with Crippen LogP contribution in [-0.2, 0) is 4.79 Å². The highest BCUT2D eigenvalue weighted by atomic mass is 79.9. The third kappa shape index (κ3) is 4.79. The number of nitrogens with zero attached hydrogens (tertiary/aromatic N) is 2. The van der Waals surface area contributed by atoms with Gasteiger partial charge >= 0.3 is 0 Å². The molecule has 2 amide bonds. The zero-order chi connectivity index (χ0) is 22.0. The molecule has 2 fully saturated rings. The molecule has 2 heterocycles. The summed E-state index contributed by atoms with van der Waals surface area (Å²) in [5, 5.41) is 0. The molecule has 0 spiro atoms. The Balaban J connectivity index is 1.36.